The fourth-order valence-electron chi connectivity index (χ4n) is 5.03. The van der Waals surface area contributed by atoms with Crippen LogP contribution in [0.5, 0.6) is 5.75 Å². The van der Waals surface area contributed by atoms with Crippen LogP contribution < -0.4 is 4.74 Å². The number of ether oxygens (including phenoxy) is 2. The van der Waals surface area contributed by atoms with Crippen LogP contribution in [0.4, 0.5) is 13.2 Å². The Labute approximate surface area is 216 Å². The number of rotatable bonds is 9. The van der Waals surface area contributed by atoms with E-state index < -0.39 is 29.5 Å². The first-order chi connectivity index (χ1) is 17.9. The monoisotopic (exact) mass is 510 g/mol. The summed E-state index contributed by atoms with van der Waals surface area (Å²) in [7, 11) is 1.42. The van der Waals surface area contributed by atoms with Crippen LogP contribution in [-0.4, -0.2) is 19.2 Å². The molecule has 0 radical (unpaired) electrons. The highest BCUT2D eigenvalue weighted by atomic mass is 19.2. The lowest BCUT2D eigenvalue weighted by atomic mass is 9.82. The molecular weight excluding hydrogens is 477 g/mol. The van der Waals surface area contributed by atoms with Gasteiger partial charge in [-0.3, -0.25) is 0 Å². The predicted octanol–water partition coefficient (Wildman–Crippen LogP) is 8.40. The van der Waals surface area contributed by atoms with Gasteiger partial charge in [0.25, 0.3) is 0 Å². The third kappa shape index (κ3) is 6.35. The molecule has 0 amide bonds. The molecule has 0 spiro atoms. The average molecular weight is 511 g/mol. The second-order valence-electron chi connectivity index (χ2n) is 9.71. The molecule has 0 N–H and O–H groups in total. The lowest BCUT2D eigenvalue weighted by Crippen LogP contribution is -2.24. The van der Waals surface area contributed by atoms with Crippen molar-refractivity contribution in [2.24, 2.45) is 0 Å². The minimum Gasteiger partial charge on any atom is -0.497 e. The molecule has 1 fully saturated rings. The molecule has 4 rings (SSSR count). The van der Waals surface area contributed by atoms with Crippen molar-refractivity contribution < 1.29 is 27.4 Å². The molecular formula is C31H33F3O3. The fraction of sp³-hybridized carbons (Fsp3) is 0.387. The van der Waals surface area contributed by atoms with Gasteiger partial charge < -0.3 is 9.47 Å². The summed E-state index contributed by atoms with van der Waals surface area (Å²) in [6, 6.07) is 15.0. The minimum atomic E-state index is -0.834. The molecule has 196 valence electrons. The summed E-state index contributed by atoms with van der Waals surface area (Å²) in [5.74, 6) is -2.94. The van der Waals surface area contributed by atoms with Gasteiger partial charge in [-0.05, 0) is 73.3 Å². The van der Waals surface area contributed by atoms with Gasteiger partial charge in [0, 0.05) is 11.6 Å². The van der Waals surface area contributed by atoms with E-state index in [1.807, 2.05) is 24.3 Å². The standard InChI is InChI=1S/C31H33F3O3/c1-3-4-5-6-20-7-9-21(10-8-20)25-17-18-26(30(34)29(25)33)22-11-13-23(14-12-22)37-31(35)27-16-15-24(36-2)19-28(27)32/h7-10,15-19,22-23H,3-6,11-14H2,1-2H3. The number of esters is 1. The lowest BCUT2D eigenvalue weighted by Gasteiger charge is -2.29. The Hall–Kier alpha value is -3.28. The van der Waals surface area contributed by atoms with Crippen molar-refractivity contribution in [3.05, 3.63) is 88.7 Å². The summed E-state index contributed by atoms with van der Waals surface area (Å²) in [5.41, 5.74) is 2.31. The summed E-state index contributed by atoms with van der Waals surface area (Å²) in [6.07, 6.45) is 6.13. The summed E-state index contributed by atoms with van der Waals surface area (Å²) in [5, 5.41) is 0. The summed E-state index contributed by atoms with van der Waals surface area (Å²) >= 11 is 0. The van der Waals surface area contributed by atoms with Crippen LogP contribution in [0, 0.1) is 17.5 Å². The van der Waals surface area contributed by atoms with Crippen LogP contribution in [0.3, 0.4) is 0 Å². The molecule has 0 heterocycles. The number of unbranched alkanes of at least 4 members (excludes halogenated alkanes) is 2. The van der Waals surface area contributed by atoms with E-state index >= 15 is 8.78 Å². The van der Waals surface area contributed by atoms with Gasteiger partial charge in [-0.2, -0.15) is 0 Å². The number of hydrogen-bond acceptors (Lipinski definition) is 3. The quantitative estimate of drug-likeness (QED) is 0.214. The van der Waals surface area contributed by atoms with E-state index in [0.29, 0.717) is 42.6 Å². The van der Waals surface area contributed by atoms with E-state index in [1.165, 1.54) is 31.2 Å². The van der Waals surface area contributed by atoms with Gasteiger partial charge in [0.15, 0.2) is 11.6 Å². The fourth-order valence-corrected chi connectivity index (χ4v) is 5.03. The van der Waals surface area contributed by atoms with E-state index in [2.05, 4.69) is 6.92 Å². The molecule has 3 nitrogen and oxygen atoms in total. The number of carbonyl (C=O) groups excluding carboxylic acids is 1. The molecule has 0 unspecified atom stereocenters. The Balaban J connectivity index is 1.37. The van der Waals surface area contributed by atoms with Crippen LogP contribution in [-0.2, 0) is 11.2 Å². The Morgan fingerprint density at radius 1 is 0.892 bits per heavy atom. The maximum absolute atomic E-state index is 15.1. The normalized spacial score (nSPS) is 17.4. The summed E-state index contributed by atoms with van der Waals surface area (Å²) in [4.78, 5) is 12.4. The molecule has 1 aliphatic carbocycles. The van der Waals surface area contributed by atoms with Gasteiger partial charge in [-0.15, -0.1) is 0 Å². The first kappa shape index (κ1) is 26.8. The molecule has 1 saturated carbocycles. The molecule has 1 aliphatic rings. The molecule has 0 aliphatic heterocycles. The largest absolute Gasteiger partial charge is 0.497 e. The zero-order valence-corrected chi connectivity index (χ0v) is 21.4. The topological polar surface area (TPSA) is 35.5 Å². The molecule has 6 heteroatoms. The predicted molar refractivity (Wildman–Crippen MR) is 138 cm³/mol. The minimum absolute atomic E-state index is 0.152. The molecule has 0 saturated heterocycles. The number of methoxy groups -OCH3 is 1. The number of hydrogen-bond donors (Lipinski definition) is 0. The second-order valence-corrected chi connectivity index (χ2v) is 9.71. The van der Waals surface area contributed by atoms with Gasteiger partial charge in [0.05, 0.1) is 12.7 Å². The maximum atomic E-state index is 15.1. The first-order valence-corrected chi connectivity index (χ1v) is 13.0. The highest BCUT2D eigenvalue weighted by Crippen LogP contribution is 2.38. The Kier molecular flexibility index (Phi) is 8.91. The molecule has 0 aromatic heterocycles. The molecule has 37 heavy (non-hydrogen) atoms. The van der Waals surface area contributed by atoms with Gasteiger partial charge in [-0.1, -0.05) is 56.2 Å². The molecule has 3 aromatic carbocycles. The summed E-state index contributed by atoms with van der Waals surface area (Å²) < 4.78 is 54.9. The Bertz CT molecular complexity index is 1220. The number of benzene rings is 3. The van der Waals surface area contributed by atoms with Crippen molar-refractivity contribution in [3.8, 4) is 16.9 Å². The van der Waals surface area contributed by atoms with Gasteiger partial charge >= 0.3 is 5.97 Å². The molecule has 0 atom stereocenters. The first-order valence-electron chi connectivity index (χ1n) is 13.0. The second kappa shape index (κ2) is 12.3. The van der Waals surface area contributed by atoms with Crippen LogP contribution in [0.15, 0.2) is 54.6 Å². The maximum Gasteiger partial charge on any atom is 0.341 e. The Morgan fingerprint density at radius 3 is 2.27 bits per heavy atom. The average Bonchev–Trinajstić information content (AvgIpc) is 2.91. The highest BCUT2D eigenvalue weighted by Gasteiger charge is 2.29. The third-order valence-corrected chi connectivity index (χ3v) is 7.23. The SMILES string of the molecule is CCCCCc1ccc(-c2ccc(C3CCC(OC(=O)c4ccc(OC)cc4F)CC3)c(F)c2F)cc1. The zero-order chi connectivity index (χ0) is 26.4. The number of aryl methyl sites for hydroxylation is 1. The van der Waals surface area contributed by atoms with Crippen LogP contribution in [0.25, 0.3) is 11.1 Å². The van der Waals surface area contributed by atoms with Crippen molar-refractivity contribution in [1.29, 1.82) is 0 Å². The van der Waals surface area contributed by atoms with Crippen molar-refractivity contribution in [1.82, 2.24) is 0 Å². The van der Waals surface area contributed by atoms with E-state index in [0.717, 1.165) is 25.3 Å². The number of carbonyl (C=O) groups is 1. The van der Waals surface area contributed by atoms with Gasteiger partial charge in [-0.25, -0.2) is 18.0 Å². The van der Waals surface area contributed by atoms with Crippen LogP contribution >= 0.6 is 0 Å². The summed E-state index contributed by atoms with van der Waals surface area (Å²) in [6.45, 7) is 2.16. The van der Waals surface area contributed by atoms with Crippen molar-refractivity contribution in [3.63, 3.8) is 0 Å². The van der Waals surface area contributed by atoms with Gasteiger partial charge in [0.2, 0.25) is 0 Å². The van der Waals surface area contributed by atoms with E-state index in [1.54, 1.807) is 12.1 Å². The van der Waals surface area contributed by atoms with Crippen LogP contribution in [0.1, 0.15) is 79.3 Å². The van der Waals surface area contributed by atoms with Gasteiger partial charge in [0.1, 0.15) is 17.7 Å². The van der Waals surface area contributed by atoms with E-state index in [4.69, 9.17) is 9.47 Å². The lowest BCUT2D eigenvalue weighted by molar-refractivity contribution is 0.0189. The van der Waals surface area contributed by atoms with E-state index in [9.17, 15) is 9.18 Å². The number of halogens is 3. The zero-order valence-electron chi connectivity index (χ0n) is 21.4. The van der Waals surface area contributed by atoms with Crippen molar-refractivity contribution in [2.75, 3.05) is 7.11 Å². The van der Waals surface area contributed by atoms with Crippen LogP contribution in [0.2, 0.25) is 0 Å². The molecule has 0 bridgehead atoms. The van der Waals surface area contributed by atoms with E-state index in [-0.39, 0.29) is 17.0 Å². The Morgan fingerprint density at radius 2 is 1.62 bits per heavy atom. The van der Waals surface area contributed by atoms with Crippen molar-refractivity contribution >= 4 is 5.97 Å². The third-order valence-electron chi connectivity index (χ3n) is 7.23. The molecule has 3 aromatic rings. The smallest absolute Gasteiger partial charge is 0.341 e. The highest BCUT2D eigenvalue weighted by molar-refractivity contribution is 5.90. The van der Waals surface area contributed by atoms with Crippen molar-refractivity contribution in [2.45, 2.75) is 70.3 Å².